The number of aliphatic hydroxyl groups excluding tert-OH is 1. The summed E-state index contributed by atoms with van der Waals surface area (Å²) < 4.78 is 0.963. The SMILES string of the molecule is CN(C)[C@@H]1CN(C(=O)c2ccc(Br)cc2)C[C@H]1CO. The van der Waals surface area contributed by atoms with Gasteiger partial charge in [-0.15, -0.1) is 0 Å². The van der Waals surface area contributed by atoms with E-state index in [1.165, 1.54) is 0 Å². The topological polar surface area (TPSA) is 43.8 Å². The molecule has 4 nitrogen and oxygen atoms in total. The fraction of sp³-hybridized carbons (Fsp3) is 0.500. The highest BCUT2D eigenvalue weighted by molar-refractivity contribution is 9.10. The number of aliphatic hydroxyl groups is 1. The van der Waals surface area contributed by atoms with Crippen molar-refractivity contribution >= 4 is 21.8 Å². The number of amides is 1. The lowest BCUT2D eigenvalue weighted by atomic mass is 10.0. The van der Waals surface area contributed by atoms with Gasteiger partial charge in [0.05, 0.1) is 0 Å². The van der Waals surface area contributed by atoms with Crippen LogP contribution in [-0.4, -0.2) is 60.6 Å². The highest BCUT2D eigenvalue weighted by atomic mass is 79.9. The van der Waals surface area contributed by atoms with Crippen LogP contribution < -0.4 is 0 Å². The Kier molecular flexibility index (Phi) is 4.60. The maximum Gasteiger partial charge on any atom is 0.253 e. The van der Waals surface area contributed by atoms with Crippen molar-refractivity contribution in [2.24, 2.45) is 5.92 Å². The first kappa shape index (κ1) is 14.5. The molecule has 1 N–H and O–H groups in total. The van der Waals surface area contributed by atoms with Gasteiger partial charge < -0.3 is 14.9 Å². The van der Waals surface area contributed by atoms with Crippen LogP contribution in [0.3, 0.4) is 0 Å². The second-order valence-corrected chi connectivity index (χ2v) is 6.11. The highest BCUT2D eigenvalue weighted by Gasteiger charge is 2.36. The van der Waals surface area contributed by atoms with Gasteiger partial charge in [-0.3, -0.25) is 4.79 Å². The smallest absolute Gasteiger partial charge is 0.253 e. The Labute approximate surface area is 122 Å². The van der Waals surface area contributed by atoms with E-state index in [-0.39, 0.29) is 24.5 Å². The number of carbonyl (C=O) groups excluding carboxylic acids is 1. The van der Waals surface area contributed by atoms with Crippen molar-refractivity contribution in [3.05, 3.63) is 34.3 Å². The first-order chi connectivity index (χ1) is 9.02. The Bertz CT molecular complexity index is 447. The fourth-order valence-corrected chi connectivity index (χ4v) is 2.82. The molecule has 104 valence electrons. The molecule has 1 aromatic carbocycles. The second-order valence-electron chi connectivity index (χ2n) is 5.19. The lowest BCUT2D eigenvalue weighted by Gasteiger charge is -2.23. The summed E-state index contributed by atoms with van der Waals surface area (Å²) in [5, 5.41) is 9.42. The number of halogens is 1. The van der Waals surface area contributed by atoms with E-state index < -0.39 is 0 Å². The predicted molar refractivity (Wildman–Crippen MR) is 78.1 cm³/mol. The third-order valence-electron chi connectivity index (χ3n) is 3.68. The van der Waals surface area contributed by atoms with Gasteiger partial charge in [0.15, 0.2) is 0 Å². The van der Waals surface area contributed by atoms with E-state index in [1.807, 2.05) is 43.3 Å². The molecule has 0 aliphatic carbocycles. The molecular formula is C14H19BrN2O2. The number of benzene rings is 1. The van der Waals surface area contributed by atoms with E-state index in [1.54, 1.807) is 0 Å². The van der Waals surface area contributed by atoms with Crippen LogP contribution >= 0.6 is 15.9 Å². The number of rotatable bonds is 3. The Morgan fingerprint density at radius 2 is 2.00 bits per heavy atom. The summed E-state index contributed by atoms with van der Waals surface area (Å²) >= 11 is 3.36. The number of carbonyl (C=O) groups is 1. The first-order valence-electron chi connectivity index (χ1n) is 6.35. The van der Waals surface area contributed by atoms with Crippen LogP contribution in [0.2, 0.25) is 0 Å². The Morgan fingerprint density at radius 1 is 1.37 bits per heavy atom. The molecule has 0 radical (unpaired) electrons. The van der Waals surface area contributed by atoms with Crippen LogP contribution in [0.25, 0.3) is 0 Å². The molecule has 1 amide bonds. The van der Waals surface area contributed by atoms with E-state index in [2.05, 4.69) is 20.8 Å². The standard InChI is InChI=1S/C14H19BrN2O2/c1-16(2)13-8-17(7-11(13)9-18)14(19)10-3-5-12(15)6-4-10/h3-6,11,13,18H,7-9H2,1-2H3/t11-,13+/m0/s1. The molecule has 0 unspecified atom stereocenters. The quantitative estimate of drug-likeness (QED) is 0.914. The minimum Gasteiger partial charge on any atom is -0.396 e. The second kappa shape index (κ2) is 6.03. The van der Waals surface area contributed by atoms with Crippen molar-refractivity contribution in [3.63, 3.8) is 0 Å². The van der Waals surface area contributed by atoms with Crippen molar-refractivity contribution in [1.82, 2.24) is 9.80 Å². The first-order valence-corrected chi connectivity index (χ1v) is 7.14. The number of hydrogen-bond acceptors (Lipinski definition) is 3. The predicted octanol–water partition coefficient (Wildman–Crippen LogP) is 1.44. The summed E-state index contributed by atoms with van der Waals surface area (Å²) in [5.41, 5.74) is 0.694. The summed E-state index contributed by atoms with van der Waals surface area (Å²) in [6.45, 7) is 1.41. The van der Waals surface area contributed by atoms with Crippen LogP contribution in [0.4, 0.5) is 0 Å². The van der Waals surface area contributed by atoms with E-state index in [4.69, 9.17) is 0 Å². The number of hydrogen-bond donors (Lipinski definition) is 1. The van der Waals surface area contributed by atoms with Crippen LogP contribution in [-0.2, 0) is 0 Å². The molecule has 0 aromatic heterocycles. The largest absolute Gasteiger partial charge is 0.396 e. The molecule has 1 aliphatic rings. The monoisotopic (exact) mass is 326 g/mol. The van der Waals surface area contributed by atoms with Gasteiger partial charge >= 0.3 is 0 Å². The lowest BCUT2D eigenvalue weighted by molar-refractivity contribution is 0.0779. The summed E-state index contributed by atoms with van der Waals surface area (Å²) in [7, 11) is 3.97. The molecule has 5 heteroatoms. The maximum absolute atomic E-state index is 12.4. The highest BCUT2D eigenvalue weighted by Crippen LogP contribution is 2.22. The zero-order valence-electron chi connectivity index (χ0n) is 11.2. The molecule has 1 saturated heterocycles. The summed E-state index contributed by atoms with van der Waals surface area (Å²) in [6, 6.07) is 7.61. The van der Waals surface area contributed by atoms with Crippen molar-refractivity contribution < 1.29 is 9.90 Å². The molecule has 0 bridgehead atoms. The minimum absolute atomic E-state index is 0.0373. The van der Waals surface area contributed by atoms with E-state index in [0.717, 1.165) is 4.47 Å². The lowest BCUT2D eigenvalue weighted by Crippen LogP contribution is -2.37. The normalized spacial score (nSPS) is 23.1. The molecular weight excluding hydrogens is 308 g/mol. The van der Waals surface area contributed by atoms with Crippen LogP contribution in [0, 0.1) is 5.92 Å². The van der Waals surface area contributed by atoms with Crippen molar-refractivity contribution in [1.29, 1.82) is 0 Å². The molecule has 0 spiro atoms. The third-order valence-corrected chi connectivity index (χ3v) is 4.21. The van der Waals surface area contributed by atoms with Gasteiger partial charge in [0.2, 0.25) is 0 Å². The van der Waals surface area contributed by atoms with Crippen molar-refractivity contribution in [3.8, 4) is 0 Å². The van der Waals surface area contributed by atoms with Crippen molar-refractivity contribution in [2.75, 3.05) is 33.8 Å². The molecule has 2 rings (SSSR count). The summed E-state index contributed by atoms with van der Waals surface area (Å²) in [4.78, 5) is 16.3. The van der Waals surface area contributed by atoms with E-state index >= 15 is 0 Å². The summed E-state index contributed by atoms with van der Waals surface area (Å²) in [5.74, 6) is 0.171. The summed E-state index contributed by atoms with van der Waals surface area (Å²) in [6.07, 6.45) is 0. The van der Waals surface area contributed by atoms with Crippen LogP contribution in [0.1, 0.15) is 10.4 Å². The molecule has 1 fully saturated rings. The van der Waals surface area contributed by atoms with Crippen LogP contribution in [0.15, 0.2) is 28.7 Å². The zero-order chi connectivity index (χ0) is 14.0. The van der Waals surface area contributed by atoms with Gasteiger partial charge in [0.1, 0.15) is 0 Å². The Morgan fingerprint density at radius 3 is 2.47 bits per heavy atom. The number of nitrogens with zero attached hydrogens (tertiary/aromatic N) is 2. The molecule has 19 heavy (non-hydrogen) atoms. The Balaban J connectivity index is 2.11. The maximum atomic E-state index is 12.4. The minimum atomic E-state index is 0.0373. The zero-order valence-corrected chi connectivity index (χ0v) is 12.8. The molecule has 1 aliphatic heterocycles. The molecule has 1 aromatic rings. The van der Waals surface area contributed by atoms with E-state index in [9.17, 15) is 9.90 Å². The molecule has 2 atom stereocenters. The van der Waals surface area contributed by atoms with Gasteiger partial charge in [0, 0.05) is 41.7 Å². The molecule has 0 saturated carbocycles. The Hall–Kier alpha value is -0.910. The van der Waals surface area contributed by atoms with Gasteiger partial charge in [-0.05, 0) is 38.4 Å². The average molecular weight is 327 g/mol. The van der Waals surface area contributed by atoms with Crippen LogP contribution in [0.5, 0.6) is 0 Å². The van der Waals surface area contributed by atoms with E-state index in [0.29, 0.717) is 18.7 Å². The number of likely N-dealkylation sites (tertiary alicyclic amines) is 1. The van der Waals surface area contributed by atoms with Gasteiger partial charge in [-0.25, -0.2) is 0 Å². The average Bonchev–Trinajstić information content (AvgIpc) is 2.83. The van der Waals surface area contributed by atoms with Gasteiger partial charge in [0.25, 0.3) is 5.91 Å². The van der Waals surface area contributed by atoms with Gasteiger partial charge in [-0.2, -0.15) is 0 Å². The van der Waals surface area contributed by atoms with Crippen molar-refractivity contribution in [2.45, 2.75) is 6.04 Å². The third kappa shape index (κ3) is 3.16. The molecule has 1 heterocycles. The number of likely N-dealkylation sites (N-methyl/N-ethyl adjacent to an activating group) is 1. The van der Waals surface area contributed by atoms with Gasteiger partial charge in [-0.1, -0.05) is 15.9 Å². The fourth-order valence-electron chi connectivity index (χ4n) is 2.56.